The molecule has 3 N–H and O–H groups in total. The summed E-state index contributed by atoms with van der Waals surface area (Å²) in [6.07, 6.45) is 1.30. The number of nitrogens with one attached hydrogen (secondary N) is 1. The molecule has 32 heavy (non-hydrogen) atoms. The molecule has 4 rings (SSSR count). The van der Waals surface area contributed by atoms with Gasteiger partial charge in [0.15, 0.2) is 0 Å². The third-order valence-corrected chi connectivity index (χ3v) is 5.25. The van der Waals surface area contributed by atoms with Crippen molar-refractivity contribution in [2.75, 3.05) is 15.7 Å². The van der Waals surface area contributed by atoms with Crippen LogP contribution in [0.5, 0.6) is 5.75 Å². The number of nitrogen functional groups attached to an aromatic ring is 1. The van der Waals surface area contributed by atoms with Crippen LogP contribution in [0.1, 0.15) is 24.2 Å². The first kappa shape index (κ1) is 21.7. The standard InChI is InChI=1S/C23H18FIN6O/c1-13(30-23-17(10-26)22(27)28-12-29-23)20-19(14-5-3-2-4-6-14)21(32-11-25)16-9-15(24)7-8-18(16)31-20/h2-9,12-13H,11H2,1H3,(H3,27,28,29,30)/t13-/m0/s1. The van der Waals surface area contributed by atoms with Crippen molar-refractivity contribution in [3.63, 3.8) is 0 Å². The lowest BCUT2D eigenvalue weighted by molar-refractivity contribution is 0.409. The SMILES string of the molecule is C[C@H](Nc1ncnc(N)c1C#N)c1nc2ccc(F)cc2c(OCI)c1-c1ccccc1. The van der Waals surface area contributed by atoms with E-state index >= 15 is 0 Å². The maximum absolute atomic E-state index is 14.1. The molecule has 0 bridgehead atoms. The van der Waals surface area contributed by atoms with E-state index in [0.29, 0.717) is 32.8 Å². The molecule has 0 spiro atoms. The Morgan fingerprint density at radius 2 is 2.00 bits per heavy atom. The van der Waals surface area contributed by atoms with Crippen molar-refractivity contribution in [1.29, 1.82) is 5.26 Å². The minimum absolute atomic E-state index is 0.0939. The lowest BCUT2D eigenvalue weighted by Gasteiger charge is -2.22. The fourth-order valence-electron chi connectivity index (χ4n) is 3.52. The van der Waals surface area contributed by atoms with Crippen molar-refractivity contribution >= 4 is 45.1 Å². The number of ether oxygens (including phenoxy) is 1. The average Bonchev–Trinajstić information content (AvgIpc) is 2.80. The van der Waals surface area contributed by atoms with Gasteiger partial charge in [-0.15, -0.1) is 0 Å². The summed E-state index contributed by atoms with van der Waals surface area (Å²) < 4.78 is 20.5. The molecular formula is C23H18FIN6O. The van der Waals surface area contributed by atoms with Gasteiger partial charge in [0.25, 0.3) is 0 Å². The van der Waals surface area contributed by atoms with Gasteiger partial charge >= 0.3 is 0 Å². The summed E-state index contributed by atoms with van der Waals surface area (Å²) in [4.78, 5) is 12.9. The van der Waals surface area contributed by atoms with E-state index < -0.39 is 6.04 Å². The number of anilines is 2. The van der Waals surface area contributed by atoms with Crippen LogP contribution in [-0.2, 0) is 0 Å². The quantitative estimate of drug-likeness (QED) is 0.255. The molecule has 2 aromatic carbocycles. The Morgan fingerprint density at radius 1 is 1.22 bits per heavy atom. The number of benzene rings is 2. The van der Waals surface area contributed by atoms with Gasteiger partial charge in [0.05, 0.1) is 17.3 Å². The van der Waals surface area contributed by atoms with Crippen molar-refractivity contribution in [3.05, 3.63) is 71.9 Å². The second-order valence-electron chi connectivity index (χ2n) is 6.94. The van der Waals surface area contributed by atoms with Crippen LogP contribution in [0.3, 0.4) is 0 Å². The van der Waals surface area contributed by atoms with Gasteiger partial charge in [-0.05, 0) is 53.3 Å². The molecule has 0 radical (unpaired) electrons. The first-order chi connectivity index (χ1) is 15.5. The number of alkyl halides is 1. The molecule has 1 atom stereocenters. The zero-order valence-electron chi connectivity index (χ0n) is 17.0. The van der Waals surface area contributed by atoms with Crippen molar-refractivity contribution in [2.24, 2.45) is 0 Å². The molecule has 0 saturated carbocycles. The van der Waals surface area contributed by atoms with E-state index in [9.17, 15) is 9.65 Å². The summed E-state index contributed by atoms with van der Waals surface area (Å²) in [6.45, 7) is 1.90. The minimum Gasteiger partial charge on any atom is -0.482 e. The van der Waals surface area contributed by atoms with Crippen LogP contribution in [0.15, 0.2) is 54.9 Å². The van der Waals surface area contributed by atoms with Crippen molar-refractivity contribution in [1.82, 2.24) is 15.0 Å². The monoisotopic (exact) mass is 540 g/mol. The highest BCUT2D eigenvalue weighted by atomic mass is 127. The Labute approximate surface area is 197 Å². The van der Waals surface area contributed by atoms with Crippen LogP contribution in [0.25, 0.3) is 22.0 Å². The highest BCUT2D eigenvalue weighted by Gasteiger charge is 2.23. The van der Waals surface area contributed by atoms with Crippen LogP contribution in [0.4, 0.5) is 16.0 Å². The second kappa shape index (κ2) is 9.32. The van der Waals surface area contributed by atoms with Crippen LogP contribution in [-0.4, -0.2) is 19.6 Å². The van der Waals surface area contributed by atoms with Gasteiger partial charge in [0, 0.05) is 10.9 Å². The van der Waals surface area contributed by atoms with E-state index in [1.165, 1.54) is 18.5 Å². The highest BCUT2D eigenvalue weighted by Crippen LogP contribution is 2.41. The zero-order chi connectivity index (χ0) is 22.7. The van der Waals surface area contributed by atoms with E-state index in [1.54, 1.807) is 6.07 Å². The maximum atomic E-state index is 14.1. The molecule has 7 nitrogen and oxygen atoms in total. The summed E-state index contributed by atoms with van der Waals surface area (Å²) in [5.74, 6) is 0.576. The number of rotatable bonds is 6. The largest absolute Gasteiger partial charge is 0.482 e. The minimum atomic E-state index is -0.391. The van der Waals surface area contributed by atoms with E-state index in [-0.39, 0.29) is 17.2 Å². The average molecular weight is 540 g/mol. The van der Waals surface area contributed by atoms with Crippen LogP contribution >= 0.6 is 22.6 Å². The van der Waals surface area contributed by atoms with Crippen molar-refractivity contribution in [3.8, 4) is 22.9 Å². The number of nitrogens with zero attached hydrogens (tertiary/aromatic N) is 4. The molecule has 0 fully saturated rings. The van der Waals surface area contributed by atoms with Crippen molar-refractivity contribution in [2.45, 2.75) is 13.0 Å². The molecule has 0 aliphatic carbocycles. The number of aromatic nitrogens is 3. The van der Waals surface area contributed by atoms with Gasteiger partial charge in [0.1, 0.15) is 45.8 Å². The predicted octanol–water partition coefficient (Wildman–Crippen LogP) is 5.23. The third kappa shape index (κ3) is 4.13. The lowest BCUT2D eigenvalue weighted by Crippen LogP contribution is -2.14. The maximum Gasteiger partial charge on any atom is 0.150 e. The van der Waals surface area contributed by atoms with Crippen LogP contribution in [0, 0.1) is 17.1 Å². The molecule has 0 aliphatic heterocycles. The van der Waals surface area contributed by atoms with E-state index in [1.807, 2.05) is 43.3 Å². The van der Waals surface area contributed by atoms with Gasteiger partial charge in [-0.2, -0.15) is 5.26 Å². The Morgan fingerprint density at radius 3 is 2.72 bits per heavy atom. The van der Waals surface area contributed by atoms with Crippen LogP contribution < -0.4 is 15.8 Å². The first-order valence-corrected chi connectivity index (χ1v) is 11.2. The summed E-state index contributed by atoms with van der Waals surface area (Å²) >= 11 is 2.11. The number of nitriles is 1. The predicted molar refractivity (Wildman–Crippen MR) is 130 cm³/mol. The van der Waals surface area contributed by atoms with Gasteiger partial charge in [0.2, 0.25) is 0 Å². The zero-order valence-corrected chi connectivity index (χ0v) is 19.2. The second-order valence-corrected chi connectivity index (χ2v) is 7.57. The Hall–Kier alpha value is -3.52. The van der Waals surface area contributed by atoms with Gasteiger partial charge in [-0.1, -0.05) is 30.3 Å². The Kier molecular flexibility index (Phi) is 6.32. The summed E-state index contributed by atoms with van der Waals surface area (Å²) in [5.41, 5.74) is 8.86. The normalized spacial score (nSPS) is 11.7. The topological polar surface area (TPSA) is 110 Å². The number of fused-ring (bicyclic) bond motifs is 1. The molecule has 0 amide bonds. The highest BCUT2D eigenvalue weighted by molar-refractivity contribution is 14.1. The van der Waals surface area contributed by atoms with E-state index in [0.717, 1.165) is 11.1 Å². The molecule has 0 unspecified atom stereocenters. The van der Waals surface area contributed by atoms with E-state index in [2.05, 4.69) is 37.9 Å². The molecule has 0 aliphatic rings. The number of nitrogens with two attached hydrogens (primary N) is 1. The van der Waals surface area contributed by atoms with Gasteiger partial charge in [-0.3, -0.25) is 0 Å². The number of halogens is 2. The molecule has 2 aromatic heterocycles. The van der Waals surface area contributed by atoms with E-state index in [4.69, 9.17) is 15.5 Å². The molecule has 160 valence electrons. The summed E-state index contributed by atoms with van der Waals surface area (Å²) in [7, 11) is 0. The van der Waals surface area contributed by atoms with Crippen LogP contribution in [0.2, 0.25) is 0 Å². The fraction of sp³-hybridized carbons (Fsp3) is 0.130. The molecule has 0 saturated heterocycles. The Bertz CT molecular complexity index is 1330. The number of hydrogen-bond acceptors (Lipinski definition) is 7. The molecule has 2 heterocycles. The molecular weight excluding hydrogens is 522 g/mol. The van der Waals surface area contributed by atoms with Gasteiger partial charge in [-0.25, -0.2) is 19.3 Å². The third-order valence-electron chi connectivity index (χ3n) is 4.94. The fourth-order valence-corrected chi connectivity index (χ4v) is 3.83. The van der Waals surface area contributed by atoms with Crippen molar-refractivity contribution < 1.29 is 9.13 Å². The van der Waals surface area contributed by atoms with Gasteiger partial charge < -0.3 is 15.8 Å². The summed E-state index contributed by atoms with van der Waals surface area (Å²) in [5, 5.41) is 13.3. The molecule has 9 heteroatoms. The lowest BCUT2D eigenvalue weighted by atomic mass is 9.96. The number of hydrogen-bond donors (Lipinski definition) is 2. The Balaban J connectivity index is 1.95. The smallest absolute Gasteiger partial charge is 0.150 e. The summed E-state index contributed by atoms with van der Waals surface area (Å²) in [6, 6.07) is 15.7. The number of pyridine rings is 1. The first-order valence-electron chi connectivity index (χ1n) is 9.68. The molecule has 4 aromatic rings.